The van der Waals surface area contributed by atoms with Gasteiger partial charge in [-0.05, 0) is 36.2 Å². The summed E-state index contributed by atoms with van der Waals surface area (Å²) >= 11 is 0. The van der Waals surface area contributed by atoms with E-state index in [4.69, 9.17) is 14.0 Å². The topological polar surface area (TPSA) is 68.3 Å². The van der Waals surface area contributed by atoms with E-state index in [2.05, 4.69) is 45.0 Å². The van der Waals surface area contributed by atoms with Crippen molar-refractivity contribution >= 4 is 30.7 Å². The van der Waals surface area contributed by atoms with Gasteiger partial charge >= 0.3 is 6.09 Å². The van der Waals surface area contributed by atoms with Gasteiger partial charge < -0.3 is 9.16 Å². The minimum Gasteiger partial charge on any atom is -0.444 e. The van der Waals surface area contributed by atoms with E-state index >= 15 is 0 Å². The molecule has 3 rings (SSSR count). The van der Waals surface area contributed by atoms with Gasteiger partial charge in [-0.1, -0.05) is 81.4 Å². The SMILES string of the molecule is CON(C)C(=O)[C@H]1C[C@@H](O[Si](c2ccccc2)(c2ccccc2)C(C)(C)C)CN1C(=O)OC(C)(C)C. The second-order valence-electron chi connectivity index (χ2n) is 11.3. The van der Waals surface area contributed by atoms with Gasteiger partial charge in [-0.2, -0.15) is 0 Å². The van der Waals surface area contributed by atoms with Gasteiger partial charge in [0.1, 0.15) is 11.6 Å². The Morgan fingerprint density at radius 3 is 1.83 bits per heavy atom. The number of rotatable bonds is 6. The summed E-state index contributed by atoms with van der Waals surface area (Å²) in [5.41, 5.74) is -0.686. The highest BCUT2D eigenvalue weighted by molar-refractivity contribution is 6.99. The molecule has 0 spiro atoms. The molecule has 2 amide bonds. The maximum atomic E-state index is 13.2. The van der Waals surface area contributed by atoms with Crippen LogP contribution in [0.3, 0.4) is 0 Å². The van der Waals surface area contributed by atoms with Crippen LogP contribution in [0.5, 0.6) is 0 Å². The van der Waals surface area contributed by atoms with Crippen molar-refractivity contribution in [2.45, 2.75) is 70.7 Å². The highest BCUT2D eigenvalue weighted by Crippen LogP contribution is 2.39. The van der Waals surface area contributed by atoms with Crippen LogP contribution in [0.1, 0.15) is 48.0 Å². The molecule has 1 aliphatic rings. The Morgan fingerprint density at radius 1 is 0.917 bits per heavy atom. The van der Waals surface area contributed by atoms with Crippen molar-refractivity contribution in [1.29, 1.82) is 0 Å². The Bertz CT molecular complexity index is 994. The molecule has 7 nitrogen and oxygen atoms in total. The second kappa shape index (κ2) is 10.7. The quantitative estimate of drug-likeness (QED) is 0.433. The minimum atomic E-state index is -2.86. The summed E-state index contributed by atoms with van der Waals surface area (Å²) in [5, 5.41) is 3.23. The number of hydrogen-bond acceptors (Lipinski definition) is 5. The Kier molecular flexibility index (Phi) is 8.32. The van der Waals surface area contributed by atoms with Crippen molar-refractivity contribution in [3.8, 4) is 0 Å². The highest BCUT2D eigenvalue weighted by Gasteiger charge is 2.54. The second-order valence-corrected chi connectivity index (χ2v) is 15.6. The smallest absolute Gasteiger partial charge is 0.411 e. The predicted octanol–water partition coefficient (Wildman–Crippen LogP) is 3.96. The van der Waals surface area contributed by atoms with Gasteiger partial charge in [0, 0.05) is 20.0 Å². The van der Waals surface area contributed by atoms with Gasteiger partial charge in [0.15, 0.2) is 0 Å². The van der Waals surface area contributed by atoms with Crippen LogP contribution in [0.2, 0.25) is 5.04 Å². The fourth-order valence-corrected chi connectivity index (χ4v) is 9.57. The zero-order chi connectivity index (χ0) is 26.7. The van der Waals surface area contributed by atoms with Crippen LogP contribution in [0.15, 0.2) is 60.7 Å². The molecule has 0 radical (unpaired) electrons. The van der Waals surface area contributed by atoms with E-state index in [0.29, 0.717) is 6.42 Å². The first-order chi connectivity index (χ1) is 16.8. The number of carbonyl (C=O) groups excluding carboxylic acids is 2. The molecule has 196 valence electrons. The van der Waals surface area contributed by atoms with E-state index in [9.17, 15) is 9.59 Å². The van der Waals surface area contributed by atoms with Crippen LogP contribution in [0, 0.1) is 0 Å². The van der Waals surface area contributed by atoms with E-state index < -0.39 is 26.1 Å². The summed E-state index contributed by atoms with van der Waals surface area (Å²) < 4.78 is 12.9. The third-order valence-corrected chi connectivity index (χ3v) is 11.6. The number of hydrogen-bond donors (Lipinski definition) is 0. The van der Waals surface area contributed by atoms with Gasteiger partial charge in [0.25, 0.3) is 14.2 Å². The number of carbonyl (C=O) groups is 2. The molecule has 36 heavy (non-hydrogen) atoms. The summed E-state index contributed by atoms with van der Waals surface area (Å²) in [5.74, 6) is -0.308. The van der Waals surface area contributed by atoms with Crippen molar-refractivity contribution in [3.63, 3.8) is 0 Å². The number of likely N-dealkylation sites (tertiary alicyclic amines) is 1. The molecule has 0 unspecified atom stereocenters. The fraction of sp³-hybridized carbons (Fsp3) is 0.500. The Morgan fingerprint density at radius 2 is 1.42 bits per heavy atom. The molecule has 1 aliphatic heterocycles. The number of likely N-dealkylation sites (N-methyl/N-ethyl adjacent to an activating group) is 1. The summed E-state index contributed by atoms with van der Waals surface area (Å²) in [4.78, 5) is 33.0. The van der Waals surface area contributed by atoms with Crippen LogP contribution >= 0.6 is 0 Å². The molecule has 0 N–H and O–H groups in total. The third kappa shape index (κ3) is 5.82. The Labute approximate surface area is 216 Å². The molecule has 2 aromatic rings. The Balaban J connectivity index is 2.06. The first-order valence-corrected chi connectivity index (χ1v) is 14.3. The normalized spacial score (nSPS) is 18.7. The monoisotopic (exact) mass is 512 g/mol. The Hall–Kier alpha value is -2.68. The van der Waals surface area contributed by atoms with Crippen LogP contribution < -0.4 is 10.4 Å². The zero-order valence-corrected chi connectivity index (χ0v) is 23.8. The molecule has 0 saturated carbocycles. The molecular formula is C28H40N2O5Si. The number of ether oxygens (including phenoxy) is 1. The van der Waals surface area contributed by atoms with E-state index in [1.165, 1.54) is 12.0 Å². The lowest BCUT2D eigenvalue weighted by Crippen LogP contribution is -2.67. The fourth-order valence-electron chi connectivity index (χ4n) is 4.88. The molecule has 0 aromatic heterocycles. The van der Waals surface area contributed by atoms with E-state index in [1.54, 1.807) is 7.05 Å². The van der Waals surface area contributed by atoms with Gasteiger partial charge in [0.05, 0.1) is 13.2 Å². The van der Waals surface area contributed by atoms with Crippen molar-refractivity contribution in [2.24, 2.45) is 0 Å². The van der Waals surface area contributed by atoms with Gasteiger partial charge in [-0.3, -0.25) is 14.5 Å². The average molecular weight is 513 g/mol. The van der Waals surface area contributed by atoms with Crippen LogP contribution in [0.25, 0.3) is 0 Å². The maximum absolute atomic E-state index is 13.2. The van der Waals surface area contributed by atoms with Crippen molar-refractivity contribution in [2.75, 3.05) is 20.7 Å². The maximum Gasteiger partial charge on any atom is 0.411 e. The van der Waals surface area contributed by atoms with E-state index in [-0.39, 0.29) is 23.6 Å². The average Bonchev–Trinajstić information content (AvgIpc) is 3.25. The van der Waals surface area contributed by atoms with Crippen LogP contribution in [-0.2, 0) is 18.8 Å². The van der Waals surface area contributed by atoms with Crippen molar-refractivity contribution in [1.82, 2.24) is 9.96 Å². The largest absolute Gasteiger partial charge is 0.444 e. The lowest BCUT2D eigenvalue weighted by molar-refractivity contribution is -0.173. The summed E-state index contributed by atoms with van der Waals surface area (Å²) in [6.07, 6.45) is -0.530. The van der Waals surface area contributed by atoms with Gasteiger partial charge in [-0.15, -0.1) is 0 Å². The van der Waals surface area contributed by atoms with Gasteiger partial charge in [-0.25, -0.2) is 9.86 Å². The molecule has 2 aromatic carbocycles. The lowest BCUT2D eigenvalue weighted by Gasteiger charge is -2.44. The number of nitrogens with zero attached hydrogens (tertiary/aromatic N) is 2. The molecule has 2 atom stereocenters. The summed E-state index contributed by atoms with van der Waals surface area (Å²) in [6, 6.07) is 19.9. The standard InChI is InChI=1S/C28H40N2O5Si/c1-27(2,3)34-26(32)30-20-21(19-24(30)25(31)29(7)33-8)35-36(28(4,5)6,22-15-11-9-12-16-22)23-17-13-10-14-18-23/h9-18,21,24H,19-20H2,1-8H3/t21-,24-/m1/s1. The molecule has 1 saturated heterocycles. The predicted molar refractivity (Wildman–Crippen MR) is 144 cm³/mol. The molecule has 1 fully saturated rings. The highest BCUT2D eigenvalue weighted by atomic mass is 28.4. The molecule has 8 heteroatoms. The van der Waals surface area contributed by atoms with E-state index in [1.807, 2.05) is 57.2 Å². The molecule has 0 aliphatic carbocycles. The number of hydroxylamine groups is 2. The molecule has 0 bridgehead atoms. The minimum absolute atomic E-state index is 0.224. The van der Waals surface area contributed by atoms with Crippen molar-refractivity contribution < 1.29 is 23.6 Å². The van der Waals surface area contributed by atoms with Crippen LogP contribution in [-0.4, -0.2) is 68.7 Å². The molecule has 1 heterocycles. The van der Waals surface area contributed by atoms with Crippen molar-refractivity contribution in [3.05, 3.63) is 60.7 Å². The lowest BCUT2D eigenvalue weighted by atomic mass is 10.2. The summed E-state index contributed by atoms with van der Waals surface area (Å²) in [7, 11) is 0.119. The number of amides is 2. The first-order valence-electron chi connectivity index (χ1n) is 12.4. The van der Waals surface area contributed by atoms with E-state index in [0.717, 1.165) is 15.4 Å². The third-order valence-electron chi connectivity index (χ3n) is 6.52. The summed E-state index contributed by atoms with van der Waals surface area (Å²) in [6.45, 7) is 12.3. The zero-order valence-electron chi connectivity index (χ0n) is 22.8. The van der Waals surface area contributed by atoms with Gasteiger partial charge in [0.2, 0.25) is 0 Å². The number of benzene rings is 2. The molecular weight excluding hydrogens is 472 g/mol. The van der Waals surface area contributed by atoms with Crippen LogP contribution in [0.4, 0.5) is 4.79 Å². The first kappa shape index (κ1) is 27.9.